The quantitative estimate of drug-likeness (QED) is 0.280. The van der Waals surface area contributed by atoms with Gasteiger partial charge < -0.3 is 24.1 Å². The Kier molecular flexibility index (Phi) is 6.06. The Labute approximate surface area is 210 Å². The van der Waals surface area contributed by atoms with E-state index in [1.165, 1.54) is 33.5 Å². The first kappa shape index (κ1) is 24.6. The SMILES string of the molecule is COc1cc2c(NS(=O)(=O)c3c(OC)cccc3OC)noc2cc1Nc1cc(C2CC(F)(F)C2)[nH]n1. The summed E-state index contributed by atoms with van der Waals surface area (Å²) < 4.78 is 76.6. The van der Waals surface area contributed by atoms with Gasteiger partial charge in [-0.3, -0.25) is 9.82 Å². The molecule has 0 spiro atoms. The third-order valence-electron chi connectivity index (χ3n) is 6.06. The van der Waals surface area contributed by atoms with Crippen molar-refractivity contribution in [3.05, 3.63) is 42.1 Å². The van der Waals surface area contributed by atoms with Crippen LogP contribution in [-0.2, 0) is 10.0 Å². The number of hydrogen-bond acceptors (Lipinski definition) is 9. The Morgan fingerprint density at radius 1 is 1.05 bits per heavy atom. The number of aromatic amines is 1. The monoisotopic (exact) mass is 535 g/mol. The highest BCUT2D eigenvalue weighted by molar-refractivity contribution is 7.93. The number of ether oxygens (including phenoxy) is 3. The summed E-state index contributed by atoms with van der Waals surface area (Å²) >= 11 is 0. The van der Waals surface area contributed by atoms with Crippen LogP contribution in [0, 0.1) is 0 Å². The zero-order valence-corrected chi connectivity index (χ0v) is 20.8. The van der Waals surface area contributed by atoms with Gasteiger partial charge in [-0.15, -0.1) is 0 Å². The number of rotatable bonds is 9. The first-order valence-electron chi connectivity index (χ1n) is 11.1. The van der Waals surface area contributed by atoms with Crippen LogP contribution in [0.4, 0.5) is 26.1 Å². The van der Waals surface area contributed by atoms with Crippen molar-refractivity contribution in [2.45, 2.75) is 29.6 Å². The van der Waals surface area contributed by atoms with Crippen LogP contribution in [0.5, 0.6) is 17.2 Å². The molecule has 0 aliphatic heterocycles. The molecule has 0 radical (unpaired) electrons. The summed E-state index contributed by atoms with van der Waals surface area (Å²) in [6, 6.07) is 9.36. The first-order valence-corrected chi connectivity index (χ1v) is 12.5. The molecule has 1 aliphatic carbocycles. The van der Waals surface area contributed by atoms with Crippen LogP contribution < -0.4 is 24.2 Å². The van der Waals surface area contributed by atoms with E-state index in [1.54, 1.807) is 24.3 Å². The average molecular weight is 536 g/mol. The van der Waals surface area contributed by atoms with Crippen LogP contribution in [0.1, 0.15) is 24.5 Å². The van der Waals surface area contributed by atoms with Gasteiger partial charge >= 0.3 is 0 Å². The van der Waals surface area contributed by atoms with E-state index in [1.807, 2.05) is 0 Å². The molecule has 4 aromatic rings. The van der Waals surface area contributed by atoms with E-state index in [-0.39, 0.29) is 46.6 Å². The standard InChI is InChI=1S/C23H23F2N5O6S/c1-33-16-5-4-6-17(34-2)21(16)37(31,32)30-22-13-7-19(35-3)15(8-18(13)36-29-22)26-20-9-14(27-28-20)12-10-23(24,25)11-12/h4-9,12H,10-11H2,1-3H3,(H,29,30)(H2,26,27,28). The van der Waals surface area contributed by atoms with Crippen LogP contribution in [0.25, 0.3) is 11.0 Å². The summed E-state index contributed by atoms with van der Waals surface area (Å²) in [5.74, 6) is -2.08. The molecule has 3 N–H and O–H groups in total. The Balaban J connectivity index is 1.43. The number of benzene rings is 2. The van der Waals surface area contributed by atoms with E-state index in [4.69, 9.17) is 18.7 Å². The molecule has 0 amide bonds. The second kappa shape index (κ2) is 9.10. The average Bonchev–Trinajstić information content (AvgIpc) is 3.47. The van der Waals surface area contributed by atoms with Crippen molar-refractivity contribution in [2.75, 3.05) is 31.4 Å². The molecule has 5 rings (SSSR count). The van der Waals surface area contributed by atoms with Crippen molar-refractivity contribution < 1.29 is 35.9 Å². The maximum absolute atomic E-state index is 13.2. The molecule has 196 valence electrons. The molecule has 2 aromatic carbocycles. The highest BCUT2D eigenvalue weighted by Gasteiger charge is 2.46. The van der Waals surface area contributed by atoms with Gasteiger partial charge in [-0.25, -0.2) is 17.2 Å². The summed E-state index contributed by atoms with van der Waals surface area (Å²) in [6.45, 7) is 0. The summed E-state index contributed by atoms with van der Waals surface area (Å²) in [7, 11) is -0.0561. The third-order valence-corrected chi connectivity index (χ3v) is 7.47. The predicted octanol–water partition coefficient (Wildman–Crippen LogP) is 4.63. The van der Waals surface area contributed by atoms with E-state index >= 15 is 0 Å². The van der Waals surface area contributed by atoms with Crippen molar-refractivity contribution in [1.29, 1.82) is 0 Å². The Morgan fingerprint density at radius 3 is 2.35 bits per heavy atom. The van der Waals surface area contributed by atoms with Gasteiger partial charge in [0.2, 0.25) is 5.92 Å². The smallest absolute Gasteiger partial charge is 0.270 e. The lowest BCUT2D eigenvalue weighted by molar-refractivity contribution is -0.0876. The molecule has 14 heteroatoms. The molecular formula is C23H23F2N5O6S. The number of fused-ring (bicyclic) bond motifs is 1. The molecule has 2 heterocycles. The topological polar surface area (TPSA) is 141 Å². The second-order valence-electron chi connectivity index (χ2n) is 8.47. The van der Waals surface area contributed by atoms with E-state index in [0.29, 0.717) is 28.3 Å². The van der Waals surface area contributed by atoms with E-state index < -0.39 is 15.9 Å². The first-order chi connectivity index (χ1) is 17.6. The molecule has 11 nitrogen and oxygen atoms in total. The van der Waals surface area contributed by atoms with Crippen molar-refractivity contribution in [1.82, 2.24) is 15.4 Å². The molecule has 0 atom stereocenters. The predicted molar refractivity (Wildman–Crippen MR) is 130 cm³/mol. The van der Waals surface area contributed by atoms with Crippen LogP contribution >= 0.6 is 0 Å². The van der Waals surface area contributed by atoms with Gasteiger partial charge in [0.25, 0.3) is 10.0 Å². The number of nitrogens with one attached hydrogen (secondary N) is 3. The van der Waals surface area contributed by atoms with Gasteiger partial charge in [0.05, 0.1) is 32.4 Å². The highest BCUT2D eigenvalue weighted by atomic mass is 32.2. The fourth-order valence-corrected chi connectivity index (χ4v) is 5.53. The Bertz CT molecular complexity index is 1540. The van der Waals surface area contributed by atoms with Gasteiger partial charge in [-0.1, -0.05) is 11.2 Å². The molecular weight excluding hydrogens is 512 g/mol. The number of alkyl halides is 2. The van der Waals surface area contributed by atoms with Crippen molar-refractivity contribution in [2.24, 2.45) is 0 Å². The van der Waals surface area contributed by atoms with E-state index in [2.05, 4.69) is 25.4 Å². The number of H-pyrrole nitrogens is 1. The molecule has 1 aliphatic rings. The summed E-state index contributed by atoms with van der Waals surface area (Å²) in [5, 5.41) is 14.2. The largest absolute Gasteiger partial charge is 0.495 e. The van der Waals surface area contributed by atoms with Crippen LogP contribution in [0.2, 0.25) is 0 Å². The van der Waals surface area contributed by atoms with Crippen molar-refractivity contribution >= 4 is 38.3 Å². The summed E-state index contributed by atoms with van der Waals surface area (Å²) in [5.41, 5.74) is 1.31. The van der Waals surface area contributed by atoms with Gasteiger partial charge in [-0.2, -0.15) is 5.10 Å². The lowest BCUT2D eigenvalue weighted by Gasteiger charge is -2.33. The van der Waals surface area contributed by atoms with Gasteiger partial charge in [0, 0.05) is 36.6 Å². The van der Waals surface area contributed by atoms with Gasteiger partial charge in [-0.05, 0) is 18.2 Å². The lowest BCUT2D eigenvalue weighted by atomic mass is 9.79. The Hall–Kier alpha value is -4.07. The normalized spacial score (nSPS) is 15.3. The molecule has 37 heavy (non-hydrogen) atoms. The second-order valence-corrected chi connectivity index (χ2v) is 10.1. The van der Waals surface area contributed by atoms with Gasteiger partial charge in [0.15, 0.2) is 22.1 Å². The minimum Gasteiger partial charge on any atom is -0.495 e. The third kappa shape index (κ3) is 4.59. The highest BCUT2D eigenvalue weighted by Crippen LogP contribution is 2.48. The molecule has 0 bridgehead atoms. The number of hydrogen-bond donors (Lipinski definition) is 3. The summed E-state index contributed by atoms with van der Waals surface area (Å²) in [6.07, 6.45) is -0.442. The van der Waals surface area contributed by atoms with Gasteiger partial charge in [0.1, 0.15) is 17.2 Å². The number of sulfonamides is 1. The maximum atomic E-state index is 13.2. The maximum Gasteiger partial charge on any atom is 0.270 e. The lowest BCUT2D eigenvalue weighted by Crippen LogP contribution is -2.33. The van der Waals surface area contributed by atoms with E-state index in [0.717, 1.165) is 0 Å². The molecule has 1 fully saturated rings. The summed E-state index contributed by atoms with van der Waals surface area (Å²) in [4.78, 5) is -0.194. The van der Waals surface area contributed by atoms with E-state index in [9.17, 15) is 17.2 Å². The fraction of sp³-hybridized carbons (Fsp3) is 0.304. The number of methoxy groups -OCH3 is 3. The number of nitrogens with zero attached hydrogens (tertiary/aromatic N) is 2. The molecule has 2 aromatic heterocycles. The van der Waals surface area contributed by atoms with Crippen molar-refractivity contribution in [3.8, 4) is 17.2 Å². The number of aromatic nitrogens is 3. The van der Waals surface area contributed by atoms with Crippen LogP contribution in [-0.4, -0.2) is 51.0 Å². The zero-order valence-electron chi connectivity index (χ0n) is 20.0. The minimum atomic E-state index is -4.20. The molecule has 0 saturated heterocycles. The fourth-order valence-electron chi connectivity index (χ4n) is 4.19. The van der Waals surface area contributed by atoms with Crippen LogP contribution in [0.3, 0.4) is 0 Å². The van der Waals surface area contributed by atoms with Crippen LogP contribution in [0.15, 0.2) is 45.8 Å². The molecule has 1 saturated carbocycles. The number of anilines is 3. The Morgan fingerprint density at radius 2 is 1.73 bits per heavy atom. The number of halogens is 2. The molecule has 0 unspecified atom stereocenters. The van der Waals surface area contributed by atoms with Crippen molar-refractivity contribution in [3.63, 3.8) is 0 Å². The zero-order chi connectivity index (χ0) is 26.4. The minimum absolute atomic E-state index is 0.0687.